The molecule has 1 atom stereocenters. The number of amides is 1. The zero-order valence-electron chi connectivity index (χ0n) is 8.99. The van der Waals surface area contributed by atoms with Crippen molar-refractivity contribution in [2.75, 3.05) is 13.1 Å². The van der Waals surface area contributed by atoms with Gasteiger partial charge in [-0.05, 0) is 13.8 Å². The standard InChI is InChI=1S/C10H15N3OS/c1-7-6-15-9(12-7)5-13-4-3-11-8(2)10(13)14/h6,8,11H,3-5H2,1-2H3. The molecule has 4 nitrogen and oxygen atoms in total. The molecule has 0 radical (unpaired) electrons. The highest BCUT2D eigenvalue weighted by molar-refractivity contribution is 7.09. The molecule has 1 amide bonds. The maximum Gasteiger partial charge on any atom is 0.239 e. The molecule has 82 valence electrons. The average molecular weight is 225 g/mol. The Bertz CT molecular complexity index is 363. The van der Waals surface area contributed by atoms with Gasteiger partial charge in [0.25, 0.3) is 0 Å². The monoisotopic (exact) mass is 225 g/mol. The number of carbonyl (C=O) groups is 1. The van der Waals surface area contributed by atoms with Crippen LogP contribution in [0.3, 0.4) is 0 Å². The SMILES string of the molecule is Cc1csc(CN2CCNC(C)C2=O)n1. The van der Waals surface area contributed by atoms with Gasteiger partial charge in [0, 0.05) is 24.2 Å². The van der Waals surface area contributed by atoms with Crippen molar-refractivity contribution in [1.82, 2.24) is 15.2 Å². The van der Waals surface area contributed by atoms with E-state index in [1.165, 1.54) is 0 Å². The number of nitrogens with one attached hydrogen (secondary N) is 1. The summed E-state index contributed by atoms with van der Waals surface area (Å²) < 4.78 is 0. The molecule has 1 unspecified atom stereocenters. The minimum absolute atomic E-state index is 0.0557. The van der Waals surface area contributed by atoms with Gasteiger partial charge in [-0.15, -0.1) is 11.3 Å². The second kappa shape index (κ2) is 4.28. The predicted molar refractivity (Wildman–Crippen MR) is 59.7 cm³/mol. The quantitative estimate of drug-likeness (QED) is 0.808. The third-order valence-electron chi connectivity index (χ3n) is 2.51. The second-order valence-electron chi connectivity index (χ2n) is 3.82. The molecular weight excluding hydrogens is 210 g/mol. The van der Waals surface area contributed by atoms with E-state index >= 15 is 0 Å². The number of aromatic nitrogens is 1. The molecule has 0 bridgehead atoms. The van der Waals surface area contributed by atoms with Gasteiger partial charge in [-0.2, -0.15) is 0 Å². The lowest BCUT2D eigenvalue weighted by atomic mass is 10.2. The molecule has 0 spiro atoms. The van der Waals surface area contributed by atoms with Crippen molar-refractivity contribution in [1.29, 1.82) is 0 Å². The van der Waals surface area contributed by atoms with Crippen LogP contribution in [0.4, 0.5) is 0 Å². The normalized spacial score (nSPS) is 22.1. The van der Waals surface area contributed by atoms with Crippen LogP contribution in [-0.4, -0.2) is 34.9 Å². The lowest BCUT2D eigenvalue weighted by molar-refractivity contribution is -0.135. The summed E-state index contributed by atoms with van der Waals surface area (Å²) in [6.45, 7) is 6.19. The minimum Gasteiger partial charge on any atom is -0.333 e. The van der Waals surface area contributed by atoms with Crippen molar-refractivity contribution in [3.05, 3.63) is 16.1 Å². The summed E-state index contributed by atoms with van der Waals surface area (Å²) in [7, 11) is 0. The van der Waals surface area contributed by atoms with Crippen LogP contribution in [0.2, 0.25) is 0 Å². The molecule has 15 heavy (non-hydrogen) atoms. The minimum atomic E-state index is -0.0557. The zero-order chi connectivity index (χ0) is 10.8. The van der Waals surface area contributed by atoms with E-state index in [1.54, 1.807) is 11.3 Å². The Labute approximate surface area is 93.3 Å². The van der Waals surface area contributed by atoms with Crippen LogP contribution in [-0.2, 0) is 11.3 Å². The molecule has 1 N–H and O–H groups in total. The first kappa shape index (κ1) is 10.6. The molecule has 0 aromatic carbocycles. The summed E-state index contributed by atoms with van der Waals surface area (Å²) in [5.41, 5.74) is 1.03. The van der Waals surface area contributed by atoms with Crippen LogP contribution in [0.25, 0.3) is 0 Å². The van der Waals surface area contributed by atoms with Crippen LogP contribution < -0.4 is 5.32 Å². The van der Waals surface area contributed by atoms with Gasteiger partial charge in [0.2, 0.25) is 5.91 Å². The van der Waals surface area contributed by atoms with Crippen molar-refractivity contribution >= 4 is 17.2 Å². The molecule has 1 aliphatic heterocycles. The number of aryl methyl sites for hydroxylation is 1. The maximum atomic E-state index is 11.8. The van der Waals surface area contributed by atoms with E-state index in [0.29, 0.717) is 6.54 Å². The molecule has 1 fully saturated rings. The van der Waals surface area contributed by atoms with Gasteiger partial charge in [0.05, 0.1) is 12.6 Å². The number of carbonyl (C=O) groups excluding carboxylic acids is 1. The fourth-order valence-electron chi connectivity index (χ4n) is 1.68. The Balaban J connectivity index is 2.02. The van der Waals surface area contributed by atoms with E-state index in [1.807, 2.05) is 24.1 Å². The van der Waals surface area contributed by atoms with E-state index < -0.39 is 0 Å². The first-order valence-corrected chi connectivity index (χ1v) is 5.98. The van der Waals surface area contributed by atoms with Crippen LogP contribution in [0.1, 0.15) is 17.6 Å². The average Bonchev–Trinajstić information content (AvgIpc) is 2.59. The third-order valence-corrected chi connectivity index (χ3v) is 3.46. The van der Waals surface area contributed by atoms with E-state index in [-0.39, 0.29) is 11.9 Å². The fourth-order valence-corrected chi connectivity index (χ4v) is 2.47. The Morgan fingerprint density at radius 2 is 2.53 bits per heavy atom. The first-order valence-electron chi connectivity index (χ1n) is 5.10. The first-order chi connectivity index (χ1) is 7.16. The summed E-state index contributed by atoms with van der Waals surface area (Å²) in [5, 5.41) is 6.19. The molecule has 0 aliphatic carbocycles. The van der Waals surface area contributed by atoms with E-state index in [0.717, 1.165) is 23.8 Å². The summed E-state index contributed by atoms with van der Waals surface area (Å²) >= 11 is 1.62. The van der Waals surface area contributed by atoms with Crippen molar-refractivity contribution in [3.8, 4) is 0 Å². The third kappa shape index (κ3) is 2.35. The molecule has 1 saturated heterocycles. The van der Waals surface area contributed by atoms with Crippen LogP contribution in [0, 0.1) is 6.92 Å². The number of nitrogens with zero attached hydrogens (tertiary/aromatic N) is 2. The highest BCUT2D eigenvalue weighted by Crippen LogP contribution is 2.13. The van der Waals surface area contributed by atoms with Crippen molar-refractivity contribution < 1.29 is 4.79 Å². The molecule has 0 saturated carbocycles. The number of hydrogen-bond acceptors (Lipinski definition) is 4. The summed E-state index contributed by atoms with van der Waals surface area (Å²) in [6.07, 6.45) is 0. The summed E-state index contributed by atoms with van der Waals surface area (Å²) in [4.78, 5) is 18.0. The van der Waals surface area contributed by atoms with Gasteiger partial charge >= 0.3 is 0 Å². The van der Waals surface area contributed by atoms with Crippen molar-refractivity contribution in [2.45, 2.75) is 26.4 Å². The number of hydrogen-bond donors (Lipinski definition) is 1. The van der Waals surface area contributed by atoms with Crippen LogP contribution >= 0.6 is 11.3 Å². The second-order valence-corrected chi connectivity index (χ2v) is 4.76. The van der Waals surface area contributed by atoms with Gasteiger partial charge in [-0.1, -0.05) is 0 Å². The molecule has 1 aliphatic rings. The summed E-state index contributed by atoms with van der Waals surface area (Å²) in [6, 6.07) is -0.0557. The Hall–Kier alpha value is -0.940. The lowest BCUT2D eigenvalue weighted by Gasteiger charge is -2.30. The van der Waals surface area contributed by atoms with Crippen molar-refractivity contribution in [3.63, 3.8) is 0 Å². The molecule has 1 aromatic heterocycles. The zero-order valence-corrected chi connectivity index (χ0v) is 9.80. The van der Waals surface area contributed by atoms with Crippen LogP contribution in [0.15, 0.2) is 5.38 Å². The molecule has 1 aromatic rings. The number of piperazine rings is 1. The maximum absolute atomic E-state index is 11.8. The van der Waals surface area contributed by atoms with E-state index in [9.17, 15) is 4.79 Å². The van der Waals surface area contributed by atoms with E-state index in [4.69, 9.17) is 0 Å². The Morgan fingerprint density at radius 3 is 3.20 bits per heavy atom. The smallest absolute Gasteiger partial charge is 0.239 e. The van der Waals surface area contributed by atoms with Crippen LogP contribution in [0.5, 0.6) is 0 Å². The van der Waals surface area contributed by atoms with E-state index in [2.05, 4.69) is 10.3 Å². The molecule has 2 rings (SSSR count). The van der Waals surface area contributed by atoms with Gasteiger partial charge in [0.15, 0.2) is 0 Å². The summed E-state index contributed by atoms with van der Waals surface area (Å²) in [5.74, 6) is 0.175. The van der Waals surface area contributed by atoms with Crippen molar-refractivity contribution in [2.24, 2.45) is 0 Å². The number of thiazole rings is 1. The molecule has 2 heterocycles. The van der Waals surface area contributed by atoms with Gasteiger partial charge in [-0.25, -0.2) is 4.98 Å². The largest absolute Gasteiger partial charge is 0.333 e. The number of rotatable bonds is 2. The topological polar surface area (TPSA) is 45.2 Å². The predicted octanol–water partition coefficient (Wildman–Crippen LogP) is 0.772. The lowest BCUT2D eigenvalue weighted by Crippen LogP contribution is -2.53. The Kier molecular flexibility index (Phi) is 3.02. The highest BCUT2D eigenvalue weighted by Gasteiger charge is 2.24. The van der Waals surface area contributed by atoms with Gasteiger partial charge in [-0.3, -0.25) is 4.79 Å². The van der Waals surface area contributed by atoms with Gasteiger partial charge in [0.1, 0.15) is 5.01 Å². The fraction of sp³-hybridized carbons (Fsp3) is 0.600. The Morgan fingerprint density at radius 1 is 1.73 bits per heavy atom. The molecular formula is C10H15N3OS. The molecule has 5 heteroatoms. The highest BCUT2D eigenvalue weighted by atomic mass is 32.1. The van der Waals surface area contributed by atoms with Gasteiger partial charge < -0.3 is 10.2 Å².